The Morgan fingerprint density at radius 1 is 1.41 bits per heavy atom. The van der Waals surface area contributed by atoms with Crippen LogP contribution in [0.4, 0.5) is 0 Å². The molecule has 1 amide bonds. The van der Waals surface area contributed by atoms with Crippen LogP contribution in [0.15, 0.2) is 0 Å². The molecule has 2 aliphatic heterocycles. The molecule has 2 fully saturated rings. The molecule has 5 heteroatoms. The number of rotatable bonds is 3. The molecule has 0 bridgehead atoms. The first-order chi connectivity index (χ1) is 8.09. The highest BCUT2D eigenvalue weighted by Gasteiger charge is 2.36. The lowest BCUT2D eigenvalue weighted by Crippen LogP contribution is -2.49. The van der Waals surface area contributed by atoms with Crippen LogP contribution < -0.4 is 5.32 Å². The van der Waals surface area contributed by atoms with Crippen LogP contribution in [0.25, 0.3) is 0 Å². The van der Waals surface area contributed by atoms with Gasteiger partial charge in [0.25, 0.3) is 0 Å². The summed E-state index contributed by atoms with van der Waals surface area (Å²) >= 11 is 0. The molecule has 0 saturated carbocycles. The molecular weight excluding hydrogens is 218 g/mol. The van der Waals surface area contributed by atoms with Gasteiger partial charge in [0.05, 0.1) is 25.4 Å². The maximum atomic E-state index is 12.0. The number of carbonyl (C=O) groups excluding carboxylic acids is 1. The van der Waals surface area contributed by atoms with Crippen molar-refractivity contribution < 1.29 is 9.53 Å². The normalized spacial score (nSPS) is 33.1. The number of ether oxygens (including phenoxy) is 1. The van der Waals surface area contributed by atoms with E-state index in [0.717, 1.165) is 32.8 Å². The molecule has 2 heterocycles. The number of nitrogens with one attached hydrogen (secondary N) is 1. The van der Waals surface area contributed by atoms with Gasteiger partial charge in [0.1, 0.15) is 0 Å². The van der Waals surface area contributed by atoms with Gasteiger partial charge < -0.3 is 9.64 Å². The van der Waals surface area contributed by atoms with Crippen LogP contribution in [-0.4, -0.2) is 66.8 Å². The molecule has 2 saturated heterocycles. The highest BCUT2D eigenvalue weighted by Crippen LogP contribution is 2.15. The second kappa shape index (κ2) is 5.33. The van der Waals surface area contributed by atoms with Gasteiger partial charge in [0.2, 0.25) is 5.91 Å². The van der Waals surface area contributed by atoms with Gasteiger partial charge in [-0.2, -0.15) is 0 Å². The topological polar surface area (TPSA) is 44.8 Å². The van der Waals surface area contributed by atoms with E-state index in [1.54, 1.807) is 0 Å². The second-order valence-corrected chi connectivity index (χ2v) is 5.07. The average Bonchev–Trinajstić information content (AvgIpc) is 2.54. The van der Waals surface area contributed by atoms with Crippen LogP contribution in [0.1, 0.15) is 20.8 Å². The number of hydrogen-bond acceptors (Lipinski definition) is 4. The van der Waals surface area contributed by atoms with Crippen molar-refractivity contribution in [3.63, 3.8) is 0 Å². The number of hydrogen-bond donors (Lipinski definition) is 1. The third-order valence-corrected chi connectivity index (χ3v) is 3.63. The van der Waals surface area contributed by atoms with Gasteiger partial charge in [-0.3, -0.25) is 15.0 Å². The molecule has 2 aliphatic rings. The molecule has 3 unspecified atom stereocenters. The predicted octanol–water partition coefficient (Wildman–Crippen LogP) is -0.127. The average molecular weight is 241 g/mol. The Kier molecular flexibility index (Phi) is 4.01. The lowest BCUT2D eigenvalue weighted by Gasteiger charge is -2.34. The van der Waals surface area contributed by atoms with Crippen LogP contribution in [0.5, 0.6) is 0 Å². The molecule has 3 atom stereocenters. The van der Waals surface area contributed by atoms with E-state index in [9.17, 15) is 4.79 Å². The van der Waals surface area contributed by atoms with Gasteiger partial charge >= 0.3 is 0 Å². The smallest absolute Gasteiger partial charge is 0.241 e. The molecule has 0 aromatic carbocycles. The monoisotopic (exact) mass is 241 g/mol. The van der Waals surface area contributed by atoms with E-state index in [1.807, 2.05) is 11.8 Å². The van der Waals surface area contributed by atoms with Gasteiger partial charge in [0.15, 0.2) is 0 Å². The second-order valence-electron chi connectivity index (χ2n) is 5.07. The first-order valence-corrected chi connectivity index (χ1v) is 6.48. The predicted molar refractivity (Wildman–Crippen MR) is 65.6 cm³/mol. The largest absolute Gasteiger partial charge is 0.379 e. The molecule has 17 heavy (non-hydrogen) atoms. The SMILES string of the molecule is CC1NC(C)N(C(C)CN2CCOCC2)C1=O. The summed E-state index contributed by atoms with van der Waals surface area (Å²) in [5.41, 5.74) is 0. The van der Waals surface area contributed by atoms with Crippen molar-refractivity contribution in [2.24, 2.45) is 0 Å². The highest BCUT2D eigenvalue weighted by molar-refractivity contribution is 5.84. The Morgan fingerprint density at radius 3 is 2.59 bits per heavy atom. The van der Waals surface area contributed by atoms with Crippen LogP contribution in [-0.2, 0) is 9.53 Å². The fraction of sp³-hybridized carbons (Fsp3) is 0.917. The lowest BCUT2D eigenvalue weighted by atomic mass is 10.2. The summed E-state index contributed by atoms with van der Waals surface area (Å²) in [5, 5.41) is 3.27. The number of amides is 1. The van der Waals surface area contributed by atoms with E-state index in [0.29, 0.717) is 0 Å². The van der Waals surface area contributed by atoms with Gasteiger partial charge in [0, 0.05) is 25.7 Å². The Morgan fingerprint density at radius 2 is 2.06 bits per heavy atom. The van der Waals surface area contributed by atoms with Gasteiger partial charge in [-0.25, -0.2) is 0 Å². The van der Waals surface area contributed by atoms with E-state index in [1.165, 1.54) is 0 Å². The Bertz CT molecular complexity index is 279. The van der Waals surface area contributed by atoms with E-state index in [4.69, 9.17) is 4.74 Å². The summed E-state index contributed by atoms with van der Waals surface area (Å²) in [6.45, 7) is 10.6. The van der Waals surface area contributed by atoms with Crippen LogP contribution in [0, 0.1) is 0 Å². The third kappa shape index (κ3) is 2.78. The zero-order chi connectivity index (χ0) is 12.4. The van der Waals surface area contributed by atoms with Gasteiger partial charge in [-0.15, -0.1) is 0 Å². The summed E-state index contributed by atoms with van der Waals surface area (Å²) < 4.78 is 5.33. The standard InChI is InChI=1S/C12H23N3O2/c1-9(8-14-4-6-17-7-5-14)15-11(3)13-10(2)12(15)16/h9-11,13H,4-8H2,1-3H3. The van der Waals surface area contributed by atoms with Crippen LogP contribution in [0.2, 0.25) is 0 Å². The fourth-order valence-corrected chi connectivity index (χ4v) is 2.77. The van der Waals surface area contributed by atoms with Crippen molar-refractivity contribution in [1.29, 1.82) is 0 Å². The molecule has 98 valence electrons. The zero-order valence-corrected chi connectivity index (χ0v) is 11.0. The molecule has 0 aromatic heterocycles. The quantitative estimate of drug-likeness (QED) is 0.748. The van der Waals surface area contributed by atoms with E-state index < -0.39 is 0 Å². The van der Waals surface area contributed by atoms with Crippen molar-refractivity contribution in [2.45, 2.75) is 39.0 Å². The molecule has 0 aromatic rings. The van der Waals surface area contributed by atoms with Gasteiger partial charge in [-0.1, -0.05) is 0 Å². The Labute approximate surface area is 103 Å². The summed E-state index contributed by atoms with van der Waals surface area (Å²) in [6.07, 6.45) is 0.147. The summed E-state index contributed by atoms with van der Waals surface area (Å²) in [7, 11) is 0. The molecule has 0 aliphatic carbocycles. The third-order valence-electron chi connectivity index (χ3n) is 3.63. The van der Waals surface area contributed by atoms with Crippen molar-refractivity contribution in [1.82, 2.24) is 15.1 Å². The molecule has 2 rings (SSSR count). The van der Waals surface area contributed by atoms with E-state index >= 15 is 0 Å². The summed E-state index contributed by atoms with van der Waals surface area (Å²) in [6, 6.07) is 0.213. The maximum Gasteiger partial charge on any atom is 0.241 e. The zero-order valence-electron chi connectivity index (χ0n) is 11.0. The molecular formula is C12H23N3O2. The van der Waals surface area contributed by atoms with Crippen molar-refractivity contribution in [2.75, 3.05) is 32.8 Å². The first kappa shape index (κ1) is 12.8. The maximum absolute atomic E-state index is 12.0. The van der Waals surface area contributed by atoms with Gasteiger partial charge in [-0.05, 0) is 20.8 Å². The van der Waals surface area contributed by atoms with Crippen molar-refractivity contribution >= 4 is 5.91 Å². The van der Waals surface area contributed by atoms with Crippen molar-refractivity contribution in [3.05, 3.63) is 0 Å². The molecule has 5 nitrogen and oxygen atoms in total. The molecule has 0 spiro atoms. The van der Waals surface area contributed by atoms with E-state index in [2.05, 4.69) is 24.1 Å². The summed E-state index contributed by atoms with van der Waals surface area (Å²) in [5.74, 6) is 0.221. The minimum atomic E-state index is -0.0443. The minimum absolute atomic E-state index is 0.0443. The van der Waals surface area contributed by atoms with Crippen LogP contribution >= 0.6 is 0 Å². The van der Waals surface area contributed by atoms with E-state index in [-0.39, 0.29) is 24.2 Å². The Hall–Kier alpha value is -0.650. The minimum Gasteiger partial charge on any atom is -0.379 e. The fourth-order valence-electron chi connectivity index (χ4n) is 2.77. The Balaban J connectivity index is 1.90. The van der Waals surface area contributed by atoms with Crippen molar-refractivity contribution in [3.8, 4) is 0 Å². The number of nitrogens with zero attached hydrogens (tertiary/aromatic N) is 2. The molecule has 1 N–H and O–H groups in total. The lowest BCUT2D eigenvalue weighted by molar-refractivity contribution is -0.132. The summed E-state index contributed by atoms with van der Waals surface area (Å²) in [4.78, 5) is 16.4. The van der Waals surface area contributed by atoms with Crippen LogP contribution in [0.3, 0.4) is 0 Å². The number of carbonyl (C=O) groups is 1. The number of morpholine rings is 1. The first-order valence-electron chi connectivity index (χ1n) is 6.48. The highest BCUT2D eigenvalue weighted by atomic mass is 16.5. The molecule has 0 radical (unpaired) electrons.